The molecule has 0 aromatic carbocycles. The van der Waals surface area contributed by atoms with Crippen molar-refractivity contribution >= 4 is 5.71 Å². The number of nitrogens with two attached hydrogens (primary N) is 1. The molecule has 0 aliphatic heterocycles. The van der Waals surface area contributed by atoms with Crippen LogP contribution in [0.5, 0.6) is 0 Å². The van der Waals surface area contributed by atoms with Gasteiger partial charge in [-0.1, -0.05) is 45.9 Å². The number of rotatable bonds is 6. The molecular formula is C30H57N3. The van der Waals surface area contributed by atoms with E-state index in [4.69, 9.17) is 10.7 Å². The molecule has 0 heterocycles. The van der Waals surface area contributed by atoms with E-state index in [1.165, 1.54) is 63.5 Å². The standard InChI is InChI=1S/C24H40N2.C4H9N.C2H6.H2/c1-17(26-16-6-15-25)20-10-11-21-19-9-8-18-7-4-5-13-23(18,2)22(19)12-14-24(20,21)3;1-3-5-4-2;1-2;/h7,19-22H,4-6,8-16,25H2,1-3H3;3,5H,1,4H2,2H3;1-2H3;1H. The number of nitrogens with one attached hydrogen (secondary N) is 1. The van der Waals surface area contributed by atoms with Crippen molar-refractivity contribution < 1.29 is 1.43 Å². The summed E-state index contributed by atoms with van der Waals surface area (Å²) in [5.41, 5.74) is 9.97. The number of fused-ring (bicyclic) bond motifs is 5. The molecule has 6 atom stereocenters. The van der Waals surface area contributed by atoms with Crippen LogP contribution in [0.2, 0.25) is 0 Å². The van der Waals surface area contributed by atoms with Crippen LogP contribution >= 0.6 is 0 Å². The number of aliphatic imine (C=N–C) groups is 1. The van der Waals surface area contributed by atoms with Crippen molar-refractivity contribution in [3.05, 3.63) is 24.4 Å². The van der Waals surface area contributed by atoms with Crippen molar-refractivity contribution in [2.45, 2.75) is 106 Å². The van der Waals surface area contributed by atoms with Crippen molar-refractivity contribution in [3.8, 4) is 0 Å². The predicted octanol–water partition coefficient (Wildman–Crippen LogP) is 7.78. The lowest BCUT2D eigenvalue weighted by atomic mass is 9.47. The highest BCUT2D eigenvalue weighted by molar-refractivity contribution is 5.85. The summed E-state index contributed by atoms with van der Waals surface area (Å²) in [6, 6.07) is 0. The molecule has 3 fully saturated rings. The van der Waals surface area contributed by atoms with Crippen LogP contribution in [0.15, 0.2) is 29.4 Å². The van der Waals surface area contributed by atoms with Gasteiger partial charge >= 0.3 is 0 Å². The van der Waals surface area contributed by atoms with Crippen LogP contribution in [0.4, 0.5) is 0 Å². The Labute approximate surface area is 207 Å². The van der Waals surface area contributed by atoms with Crippen LogP contribution in [-0.2, 0) is 0 Å². The summed E-state index contributed by atoms with van der Waals surface area (Å²) < 4.78 is 0. The van der Waals surface area contributed by atoms with Crippen molar-refractivity contribution in [2.75, 3.05) is 19.6 Å². The Hall–Kier alpha value is -1.09. The third kappa shape index (κ3) is 5.95. The quantitative estimate of drug-likeness (QED) is 0.242. The molecule has 4 aliphatic carbocycles. The summed E-state index contributed by atoms with van der Waals surface area (Å²) >= 11 is 0. The van der Waals surface area contributed by atoms with Gasteiger partial charge in [-0.15, -0.1) is 0 Å². The van der Waals surface area contributed by atoms with Gasteiger partial charge in [-0.2, -0.15) is 0 Å². The smallest absolute Gasteiger partial charge is 0.0400 e. The number of hydrogen-bond donors (Lipinski definition) is 2. The maximum Gasteiger partial charge on any atom is 0.0400 e. The lowest BCUT2D eigenvalue weighted by molar-refractivity contribution is -0.0431. The van der Waals surface area contributed by atoms with Crippen molar-refractivity contribution in [1.29, 1.82) is 0 Å². The third-order valence-electron chi connectivity index (χ3n) is 9.60. The molecule has 192 valence electrons. The predicted molar refractivity (Wildman–Crippen MR) is 149 cm³/mol. The molecular weight excluding hydrogens is 402 g/mol. The van der Waals surface area contributed by atoms with Gasteiger partial charge < -0.3 is 11.1 Å². The van der Waals surface area contributed by atoms with E-state index in [1.54, 1.807) is 6.20 Å². The number of nitrogens with zero attached hydrogens (tertiary/aromatic N) is 1. The van der Waals surface area contributed by atoms with Gasteiger partial charge in [0.1, 0.15) is 0 Å². The summed E-state index contributed by atoms with van der Waals surface area (Å²) in [6.45, 7) is 19.7. The maximum atomic E-state index is 5.67. The fourth-order valence-electron chi connectivity index (χ4n) is 8.04. The maximum absolute atomic E-state index is 5.67. The Kier molecular flexibility index (Phi) is 11.2. The second-order valence-corrected chi connectivity index (χ2v) is 11.1. The average molecular weight is 460 g/mol. The SMILES string of the molecule is C=CNCC.CC.CC(=NCCCN)C1CCC2C3CCC4=CCCCC4(C)C3CCC12C.[HH]. The summed E-state index contributed by atoms with van der Waals surface area (Å²) in [5, 5.41) is 2.88. The summed E-state index contributed by atoms with van der Waals surface area (Å²) in [4.78, 5) is 4.94. The first-order valence-electron chi connectivity index (χ1n) is 14.2. The lowest BCUT2D eigenvalue weighted by Crippen LogP contribution is -2.50. The summed E-state index contributed by atoms with van der Waals surface area (Å²) in [5.74, 6) is 3.58. The molecule has 3 saturated carbocycles. The van der Waals surface area contributed by atoms with E-state index in [-0.39, 0.29) is 1.43 Å². The Bertz CT molecular complexity index is 672. The zero-order valence-corrected chi connectivity index (χ0v) is 22.9. The minimum Gasteiger partial charge on any atom is -0.392 e. The Morgan fingerprint density at radius 1 is 1.21 bits per heavy atom. The van der Waals surface area contributed by atoms with Gasteiger partial charge in [0, 0.05) is 26.1 Å². The first-order chi connectivity index (χ1) is 15.9. The van der Waals surface area contributed by atoms with E-state index in [0.717, 1.165) is 49.7 Å². The van der Waals surface area contributed by atoms with Gasteiger partial charge in [-0.3, -0.25) is 4.99 Å². The average Bonchev–Trinajstić information content (AvgIpc) is 3.18. The number of hydrogen-bond acceptors (Lipinski definition) is 3. The fraction of sp³-hybridized carbons (Fsp3) is 0.833. The first-order valence-corrected chi connectivity index (χ1v) is 14.2. The first kappa shape index (κ1) is 28.1. The van der Waals surface area contributed by atoms with Crippen molar-refractivity contribution in [2.24, 2.45) is 45.2 Å². The Balaban J connectivity index is 0.000000645. The van der Waals surface area contributed by atoms with Crippen LogP contribution in [0.25, 0.3) is 0 Å². The van der Waals surface area contributed by atoms with Gasteiger partial charge in [0.15, 0.2) is 0 Å². The molecule has 0 amide bonds. The van der Waals surface area contributed by atoms with Gasteiger partial charge in [0.05, 0.1) is 0 Å². The molecule has 4 aliphatic rings. The molecule has 4 rings (SSSR count). The van der Waals surface area contributed by atoms with Crippen LogP contribution in [-0.4, -0.2) is 25.3 Å². The lowest BCUT2D eigenvalue weighted by Gasteiger charge is -2.58. The zero-order valence-electron chi connectivity index (χ0n) is 22.9. The van der Waals surface area contributed by atoms with Gasteiger partial charge in [0.2, 0.25) is 0 Å². The van der Waals surface area contributed by atoms with Gasteiger partial charge in [0.25, 0.3) is 0 Å². The largest absolute Gasteiger partial charge is 0.392 e. The van der Waals surface area contributed by atoms with Crippen LogP contribution in [0.3, 0.4) is 0 Å². The van der Waals surface area contributed by atoms with Crippen LogP contribution < -0.4 is 11.1 Å². The minimum absolute atomic E-state index is 0. The minimum atomic E-state index is 0. The molecule has 0 aromatic heterocycles. The highest BCUT2D eigenvalue weighted by Crippen LogP contribution is 2.66. The normalized spacial score (nSPS) is 37.1. The fourth-order valence-corrected chi connectivity index (χ4v) is 8.04. The zero-order chi connectivity index (χ0) is 24.5. The molecule has 3 heteroatoms. The van der Waals surface area contributed by atoms with E-state index in [9.17, 15) is 0 Å². The topological polar surface area (TPSA) is 50.4 Å². The molecule has 6 unspecified atom stereocenters. The van der Waals surface area contributed by atoms with E-state index < -0.39 is 0 Å². The summed E-state index contributed by atoms with van der Waals surface area (Å²) in [6.07, 6.45) is 18.1. The Morgan fingerprint density at radius 2 is 1.97 bits per heavy atom. The van der Waals surface area contributed by atoms with E-state index >= 15 is 0 Å². The van der Waals surface area contributed by atoms with Gasteiger partial charge in [-0.25, -0.2) is 0 Å². The van der Waals surface area contributed by atoms with Crippen molar-refractivity contribution in [1.82, 2.24) is 5.32 Å². The van der Waals surface area contributed by atoms with E-state index in [1.807, 2.05) is 26.3 Å². The molecule has 0 spiro atoms. The van der Waals surface area contributed by atoms with Crippen LogP contribution in [0.1, 0.15) is 107 Å². The van der Waals surface area contributed by atoms with E-state index in [2.05, 4.69) is 38.7 Å². The monoisotopic (exact) mass is 459 g/mol. The molecule has 0 radical (unpaired) electrons. The molecule has 33 heavy (non-hydrogen) atoms. The Morgan fingerprint density at radius 3 is 2.61 bits per heavy atom. The second kappa shape index (κ2) is 13.1. The molecule has 3 N–H and O–H groups in total. The van der Waals surface area contributed by atoms with Gasteiger partial charge in [-0.05, 0) is 119 Å². The van der Waals surface area contributed by atoms with Crippen molar-refractivity contribution in [3.63, 3.8) is 0 Å². The number of allylic oxidation sites excluding steroid dienone is 2. The molecule has 3 nitrogen and oxygen atoms in total. The van der Waals surface area contributed by atoms with E-state index in [0.29, 0.717) is 10.8 Å². The molecule has 0 aromatic rings. The van der Waals surface area contributed by atoms with Crippen LogP contribution in [0, 0.1) is 34.5 Å². The molecule has 0 saturated heterocycles. The highest BCUT2D eigenvalue weighted by Gasteiger charge is 2.58. The summed E-state index contributed by atoms with van der Waals surface area (Å²) in [7, 11) is 0. The molecule has 0 bridgehead atoms. The second-order valence-electron chi connectivity index (χ2n) is 11.1. The highest BCUT2D eigenvalue weighted by atomic mass is 14.8. The third-order valence-corrected chi connectivity index (χ3v) is 9.60.